The normalized spacial score (nSPS) is 10.5. The number of nitrogens with zero attached hydrogens (tertiary/aromatic N) is 3. The molecule has 1 aromatic heterocycles. The van der Waals surface area contributed by atoms with E-state index in [1.165, 1.54) is 12.1 Å². The predicted octanol–water partition coefficient (Wildman–Crippen LogP) is 5.27. The molecule has 0 saturated carbocycles. The number of rotatable bonds is 6. The Kier molecular flexibility index (Phi) is 6.38. The van der Waals surface area contributed by atoms with E-state index in [-0.39, 0.29) is 22.3 Å². The van der Waals surface area contributed by atoms with E-state index in [0.29, 0.717) is 26.8 Å². The summed E-state index contributed by atoms with van der Waals surface area (Å²) in [5.41, 5.74) is 1.57. The minimum atomic E-state index is -0.487. The van der Waals surface area contributed by atoms with Crippen molar-refractivity contribution in [1.29, 1.82) is 0 Å². The number of nitro groups is 1. The van der Waals surface area contributed by atoms with Gasteiger partial charge >= 0.3 is 0 Å². The van der Waals surface area contributed by atoms with E-state index in [1.54, 1.807) is 60.7 Å². The molecule has 4 aromatic rings. The molecule has 3 aromatic carbocycles. The van der Waals surface area contributed by atoms with Crippen molar-refractivity contribution >= 4 is 51.3 Å². The molecule has 0 atom stereocenters. The molecule has 11 heteroatoms. The van der Waals surface area contributed by atoms with Crippen LogP contribution in [0.3, 0.4) is 0 Å². The molecule has 1 heterocycles. The van der Waals surface area contributed by atoms with Gasteiger partial charge in [0.1, 0.15) is 5.01 Å². The van der Waals surface area contributed by atoms with E-state index in [4.69, 9.17) is 11.6 Å². The number of nitro benzene ring substituents is 1. The Morgan fingerprint density at radius 3 is 2.27 bits per heavy atom. The van der Waals surface area contributed by atoms with Crippen molar-refractivity contribution in [2.24, 2.45) is 0 Å². The fraction of sp³-hybridized carbons (Fsp3) is 0. The summed E-state index contributed by atoms with van der Waals surface area (Å²) in [6, 6.07) is 18.8. The number of aromatic nitrogens is 2. The quantitative estimate of drug-likeness (QED) is 0.286. The zero-order chi connectivity index (χ0) is 23.4. The molecule has 0 aliphatic rings. The second-order valence-corrected chi connectivity index (χ2v) is 8.09. The summed E-state index contributed by atoms with van der Waals surface area (Å²) in [6.07, 6.45) is 0. The average Bonchev–Trinajstić information content (AvgIpc) is 3.28. The number of hydrogen-bond donors (Lipinski definition) is 2. The first kappa shape index (κ1) is 22.1. The number of anilines is 2. The molecule has 33 heavy (non-hydrogen) atoms. The smallest absolute Gasteiger partial charge is 0.269 e. The molecule has 0 spiro atoms. The highest BCUT2D eigenvalue weighted by Crippen LogP contribution is 2.28. The highest BCUT2D eigenvalue weighted by Gasteiger charge is 2.17. The van der Waals surface area contributed by atoms with Crippen LogP contribution in [0.1, 0.15) is 20.7 Å². The summed E-state index contributed by atoms with van der Waals surface area (Å²) in [5.74, 6) is -0.864. The topological polar surface area (TPSA) is 127 Å². The maximum Gasteiger partial charge on any atom is 0.269 e. The molecule has 0 aliphatic heterocycles. The largest absolute Gasteiger partial charge is 0.321 e. The predicted molar refractivity (Wildman–Crippen MR) is 126 cm³/mol. The fourth-order valence-electron chi connectivity index (χ4n) is 2.87. The molecule has 0 radical (unpaired) electrons. The molecule has 164 valence electrons. The molecule has 9 nitrogen and oxygen atoms in total. The van der Waals surface area contributed by atoms with Crippen LogP contribution in [0.4, 0.5) is 16.5 Å². The molecule has 0 fully saturated rings. The summed E-state index contributed by atoms with van der Waals surface area (Å²) >= 11 is 6.98. The first-order valence-electron chi connectivity index (χ1n) is 9.46. The van der Waals surface area contributed by atoms with Crippen molar-refractivity contribution in [2.75, 3.05) is 10.6 Å². The van der Waals surface area contributed by atoms with Gasteiger partial charge in [0.2, 0.25) is 5.13 Å². The van der Waals surface area contributed by atoms with Crippen LogP contribution in [-0.2, 0) is 0 Å². The second-order valence-electron chi connectivity index (χ2n) is 6.68. The Labute approximate surface area is 196 Å². The van der Waals surface area contributed by atoms with Gasteiger partial charge in [0.15, 0.2) is 0 Å². The molecule has 0 unspecified atom stereocenters. The van der Waals surface area contributed by atoms with Crippen LogP contribution >= 0.6 is 22.9 Å². The summed E-state index contributed by atoms with van der Waals surface area (Å²) in [4.78, 5) is 35.7. The Morgan fingerprint density at radius 1 is 0.879 bits per heavy atom. The van der Waals surface area contributed by atoms with Crippen LogP contribution in [-0.4, -0.2) is 26.9 Å². The molecule has 2 N–H and O–H groups in total. The number of nitrogens with one attached hydrogen (secondary N) is 2. The molecule has 0 aliphatic carbocycles. The van der Waals surface area contributed by atoms with Gasteiger partial charge in [-0.3, -0.25) is 25.0 Å². The monoisotopic (exact) mass is 479 g/mol. The molecule has 0 saturated heterocycles. The number of hydrogen-bond acceptors (Lipinski definition) is 7. The van der Waals surface area contributed by atoms with Gasteiger partial charge in [0, 0.05) is 28.3 Å². The van der Waals surface area contributed by atoms with Crippen LogP contribution < -0.4 is 10.6 Å². The Hall–Kier alpha value is -4.15. The van der Waals surface area contributed by atoms with Gasteiger partial charge in [-0.1, -0.05) is 35.1 Å². The van der Waals surface area contributed by atoms with Crippen LogP contribution in [0.25, 0.3) is 10.6 Å². The summed E-state index contributed by atoms with van der Waals surface area (Å²) in [5, 5.41) is 25.4. The number of para-hydroxylation sites is 1. The van der Waals surface area contributed by atoms with Gasteiger partial charge in [-0.15, -0.1) is 10.2 Å². The number of benzene rings is 3. The lowest BCUT2D eigenvalue weighted by Crippen LogP contribution is -2.18. The minimum Gasteiger partial charge on any atom is -0.321 e. The number of halogens is 1. The van der Waals surface area contributed by atoms with Crippen LogP contribution in [0.2, 0.25) is 5.02 Å². The van der Waals surface area contributed by atoms with Crippen molar-refractivity contribution in [3.05, 3.63) is 99.1 Å². The van der Waals surface area contributed by atoms with Crippen molar-refractivity contribution in [3.8, 4) is 10.6 Å². The zero-order valence-corrected chi connectivity index (χ0v) is 18.3. The molecule has 0 bridgehead atoms. The van der Waals surface area contributed by atoms with Crippen LogP contribution in [0.5, 0.6) is 0 Å². The minimum absolute atomic E-state index is 0.0333. The summed E-state index contributed by atoms with van der Waals surface area (Å²) in [6.45, 7) is 0. The first-order chi connectivity index (χ1) is 15.9. The summed E-state index contributed by atoms with van der Waals surface area (Å²) < 4.78 is 0. The molecule has 2 amide bonds. The Balaban J connectivity index is 1.49. The third-order valence-electron chi connectivity index (χ3n) is 4.50. The van der Waals surface area contributed by atoms with Crippen LogP contribution in [0, 0.1) is 10.1 Å². The zero-order valence-electron chi connectivity index (χ0n) is 16.7. The SMILES string of the molecule is O=C(Nc1ccccc1C(=O)Nc1nnc(-c2ccc([N+](=O)[O-])cc2)s1)c1ccc(Cl)cc1. The fourth-order valence-corrected chi connectivity index (χ4v) is 3.74. The van der Waals surface area contributed by atoms with Gasteiger partial charge in [-0.25, -0.2) is 0 Å². The van der Waals surface area contributed by atoms with E-state index < -0.39 is 10.8 Å². The lowest BCUT2D eigenvalue weighted by atomic mass is 10.1. The standard InChI is InChI=1S/C22H14ClN5O4S/c23-15-9-5-13(6-10-15)19(29)24-18-4-2-1-3-17(18)20(30)25-22-27-26-21(33-22)14-7-11-16(12-8-14)28(31)32/h1-12H,(H,24,29)(H,25,27,30). The third kappa shape index (κ3) is 5.20. The number of carbonyl (C=O) groups excluding carboxylic acids is 2. The van der Waals surface area contributed by atoms with Gasteiger partial charge < -0.3 is 5.32 Å². The lowest BCUT2D eigenvalue weighted by molar-refractivity contribution is -0.384. The number of amides is 2. The highest BCUT2D eigenvalue weighted by molar-refractivity contribution is 7.18. The first-order valence-corrected chi connectivity index (χ1v) is 10.7. The second kappa shape index (κ2) is 9.55. The average molecular weight is 480 g/mol. The van der Waals surface area contributed by atoms with Gasteiger partial charge in [0.25, 0.3) is 17.5 Å². The maximum absolute atomic E-state index is 12.8. The van der Waals surface area contributed by atoms with Gasteiger partial charge in [-0.2, -0.15) is 0 Å². The highest BCUT2D eigenvalue weighted by atomic mass is 35.5. The van der Waals surface area contributed by atoms with Gasteiger partial charge in [-0.05, 0) is 48.5 Å². The van der Waals surface area contributed by atoms with Crippen LogP contribution in [0.15, 0.2) is 72.8 Å². The lowest BCUT2D eigenvalue weighted by Gasteiger charge is -2.10. The van der Waals surface area contributed by atoms with E-state index in [9.17, 15) is 19.7 Å². The van der Waals surface area contributed by atoms with Crippen molar-refractivity contribution in [2.45, 2.75) is 0 Å². The van der Waals surface area contributed by atoms with Crippen molar-refractivity contribution in [1.82, 2.24) is 10.2 Å². The number of non-ortho nitro benzene ring substituents is 1. The van der Waals surface area contributed by atoms with E-state index in [1.807, 2.05) is 0 Å². The number of carbonyl (C=O) groups is 2. The molecule has 4 rings (SSSR count). The van der Waals surface area contributed by atoms with Crippen molar-refractivity contribution in [3.63, 3.8) is 0 Å². The molecular weight excluding hydrogens is 466 g/mol. The third-order valence-corrected chi connectivity index (χ3v) is 5.64. The van der Waals surface area contributed by atoms with E-state index in [2.05, 4.69) is 20.8 Å². The summed E-state index contributed by atoms with van der Waals surface area (Å²) in [7, 11) is 0. The Morgan fingerprint density at radius 2 is 1.58 bits per heavy atom. The Bertz CT molecular complexity index is 1340. The van der Waals surface area contributed by atoms with Crippen molar-refractivity contribution < 1.29 is 14.5 Å². The van der Waals surface area contributed by atoms with E-state index in [0.717, 1.165) is 11.3 Å². The maximum atomic E-state index is 12.8. The van der Waals surface area contributed by atoms with E-state index >= 15 is 0 Å². The molecular formula is C22H14ClN5O4S. The van der Waals surface area contributed by atoms with Gasteiger partial charge in [0.05, 0.1) is 16.2 Å².